The summed E-state index contributed by atoms with van der Waals surface area (Å²) >= 11 is 2.03. The Morgan fingerprint density at radius 1 is 1.55 bits per heavy atom. The van der Waals surface area contributed by atoms with Crippen LogP contribution in [0.5, 0.6) is 0 Å². The summed E-state index contributed by atoms with van der Waals surface area (Å²) in [5.74, 6) is 3.17. The van der Waals surface area contributed by atoms with E-state index in [1.165, 1.54) is 0 Å². The van der Waals surface area contributed by atoms with Crippen molar-refractivity contribution in [1.82, 2.24) is 10.2 Å². The van der Waals surface area contributed by atoms with Gasteiger partial charge >= 0.3 is 0 Å². The van der Waals surface area contributed by atoms with Crippen LogP contribution in [-0.4, -0.2) is 48.0 Å². The van der Waals surface area contributed by atoms with Crippen LogP contribution in [0.1, 0.15) is 19.6 Å². The van der Waals surface area contributed by atoms with Crippen LogP contribution in [0.4, 0.5) is 0 Å². The number of nitrogens with zero attached hydrogens (tertiary/aromatic N) is 2. The van der Waals surface area contributed by atoms with Crippen LogP contribution in [0, 0.1) is 0 Å². The van der Waals surface area contributed by atoms with Crippen molar-refractivity contribution in [3.63, 3.8) is 0 Å². The predicted octanol–water partition coefficient (Wildman–Crippen LogP) is 2.84. The Hall–Kier alpha value is -0.370. The van der Waals surface area contributed by atoms with Crippen molar-refractivity contribution < 1.29 is 4.42 Å². The molecule has 0 radical (unpaired) electrons. The average Bonchev–Trinajstić information content (AvgIpc) is 2.86. The molecule has 1 aliphatic rings. The van der Waals surface area contributed by atoms with Crippen molar-refractivity contribution in [1.29, 1.82) is 0 Å². The van der Waals surface area contributed by atoms with Crippen molar-refractivity contribution in [2.75, 3.05) is 32.4 Å². The molecule has 1 aromatic heterocycles. The smallest absolute Gasteiger partial charge is 0.193 e. The molecule has 0 spiro atoms. The highest BCUT2D eigenvalue weighted by molar-refractivity contribution is 14.0. The molecule has 0 amide bonds. The van der Waals surface area contributed by atoms with Gasteiger partial charge in [-0.25, -0.2) is 0 Å². The van der Waals surface area contributed by atoms with Crippen LogP contribution in [0.15, 0.2) is 27.8 Å². The summed E-state index contributed by atoms with van der Waals surface area (Å²) in [6, 6.07) is 3.93. The van der Waals surface area contributed by atoms with E-state index >= 15 is 0 Å². The van der Waals surface area contributed by atoms with Gasteiger partial charge in [0.1, 0.15) is 5.76 Å². The molecule has 4 nitrogen and oxygen atoms in total. The first kappa shape index (κ1) is 17.7. The maximum absolute atomic E-state index is 5.33. The van der Waals surface area contributed by atoms with Gasteiger partial charge in [0, 0.05) is 43.6 Å². The SMILES string of the molecule is CN=C(NCCc1ccco1)N1CCSC(C)(C)C1.I. The molecule has 1 fully saturated rings. The van der Waals surface area contributed by atoms with Crippen LogP contribution in [0.3, 0.4) is 0 Å². The molecule has 6 heteroatoms. The zero-order valence-corrected chi connectivity index (χ0v) is 15.5. The van der Waals surface area contributed by atoms with E-state index in [9.17, 15) is 0 Å². The molecular weight excluding hydrogens is 385 g/mol. The molecule has 114 valence electrons. The third kappa shape index (κ3) is 5.20. The van der Waals surface area contributed by atoms with Crippen LogP contribution in [0.25, 0.3) is 0 Å². The Bertz CT molecular complexity index is 420. The monoisotopic (exact) mass is 409 g/mol. The van der Waals surface area contributed by atoms with Gasteiger partial charge in [-0.3, -0.25) is 4.99 Å². The summed E-state index contributed by atoms with van der Waals surface area (Å²) in [7, 11) is 1.85. The highest BCUT2D eigenvalue weighted by Crippen LogP contribution is 2.29. The van der Waals surface area contributed by atoms with Crippen molar-refractivity contribution in [2.45, 2.75) is 25.0 Å². The van der Waals surface area contributed by atoms with Crippen molar-refractivity contribution in [2.24, 2.45) is 4.99 Å². The van der Waals surface area contributed by atoms with Gasteiger partial charge in [0.2, 0.25) is 0 Å². The standard InChI is InChI=1S/C14H23N3OS.HI/c1-14(2)11-17(8-10-19-14)13(15-3)16-7-6-12-5-4-9-18-12;/h4-5,9H,6-8,10-11H2,1-3H3,(H,15,16);1H. The first-order valence-electron chi connectivity index (χ1n) is 6.73. The van der Waals surface area contributed by atoms with E-state index in [4.69, 9.17) is 4.42 Å². The quantitative estimate of drug-likeness (QED) is 0.474. The Morgan fingerprint density at radius 3 is 2.95 bits per heavy atom. The normalized spacial score (nSPS) is 18.6. The molecule has 1 N–H and O–H groups in total. The minimum atomic E-state index is 0. The van der Waals surface area contributed by atoms with Crippen molar-refractivity contribution in [3.05, 3.63) is 24.2 Å². The fourth-order valence-corrected chi connectivity index (χ4v) is 3.39. The second kappa shape index (κ2) is 8.17. The minimum Gasteiger partial charge on any atom is -0.469 e. The van der Waals surface area contributed by atoms with Gasteiger partial charge < -0.3 is 14.6 Å². The van der Waals surface area contributed by atoms with Crippen LogP contribution in [0.2, 0.25) is 0 Å². The van der Waals surface area contributed by atoms with Crippen LogP contribution in [-0.2, 0) is 6.42 Å². The fourth-order valence-electron chi connectivity index (χ4n) is 2.28. The molecule has 1 aromatic rings. The number of rotatable bonds is 3. The highest BCUT2D eigenvalue weighted by Gasteiger charge is 2.28. The lowest BCUT2D eigenvalue weighted by Crippen LogP contribution is -2.51. The summed E-state index contributed by atoms with van der Waals surface area (Å²) in [5.41, 5.74) is 0. The second-order valence-corrected chi connectivity index (χ2v) is 7.14. The van der Waals surface area contributed by atoms with E-state index < -0.39 is 0 Å². The number of nitrogens with one attached hydrogen (secondary N) is 1. The molecule has 2 rings (SSSR count). The van der Waals surface area contributed by atoms with Crippen molar-refractivity contribution >= 4 is 41.7 Å². The topological polar surface area (TPSA) is 40.8 Å². The molecule has 0 bridgehead atoms. The van der Waals surface area contributed by atoms with Crippen LogP contribution < -0.4 is 5.32 Å². The van der Waals surface area contributed by atoms with Gasteiger partial charge in [0.15, 0.2) is 5.96 Å². The third-order valence-corrected chi connectivity index (χ3v) is 4.47. The number of thioether (sulfide) groups is 1. The molecule has 20 heavy (non-hydrogen) atoms. The van der Waals surface area contributed by atoms with Gasteiger partial charge in [-0.1, -0.05) is 0 Å². The minimum absolute atomic E-state index is 0. The van der Waals surface area contributed by atoms with Crippen LogP contribution >= 0.6 is 35.7 Å². The largest absolute Gasteiger partial charge is 0.469 e. The van der Waals surface area contributed by atoms with Gasteiger partial charge in [0.05, 0.1) is 6.26 Å². The number of hydrogen-bond acceptors (Lipinski definition) is 3. The zero-order chi connectivity index (χ0) is 13.7. The highest BCUT2D eigenvalue weighted by atomic mass is 127. The van der Waals surface area contributed by atoms with Crippen molar-refractivity contribution in [3.8, 4) is 0 Å². The van der Waals surface area contributed by atoms with Gasteiger partial charge in [-0.15, -0.1) is 24.0 Å². The number of guanidine groups is 1. The molecule has 2 heterocycles. The first-order valence-corrected chi connectivity index (χ1v) is 7.71. The third-order valence-electron chi connectivity index (χ3n) is 3.17. The number of furan rings is 1. The zero-order valence-electron chi connectivity index (χ0n) is 12.4. The first-order chi connectivity index (χ1) is 9.11. The molecule has 1 aliphatic heterocycles. The number of hydrogen-bond donors (Lipinski definition) is 1. The maximum atomic E-state index is 5.33. The van der Waals surface area contributed by atoms with E-state index in [1.54, 1.807) is 6.26 Å². The Labute approximate surface area is 142 Å². The number of aliphatic imine (C=N–C) groups is 1. The molecular formula is C14H24IN3OS. The summed E-state index contributed by atoms with van der Waals surface area (Å²) in [5, 5.41) is 3.42. The Balaban J connectivity index is 0.00000200. The maximum Gasteiger partial charge on any atom is 0.193 e. The predicted molar refractivity (Wildman–Crippen MR) is 97.3 cm³/mol. The van der Waals surface area contributed by atoms with Gasteiger partial charge in [-0.2, -0.15) is 11.8 Å². The average molecular weight is 409 g/mol. The molecule has 0 saturated carbocycles. The van der Waals surface area contributed by atoms with E-state index in [0.717, 1.165) is 43.5 Å². The van der Waals surface area contributed by atoms with E-state index in [0.29, 0.717) is 4.75 Å². The molecule has 0 unspecified atom stereocenters. The Kier molecular flexibility index (Phi) is 7.22. The lowest BCUT2D eigenvalue weighted by Gasteiger charge is -2.39. The van der Waals surface area contributed by atoms with Gasteiger partial charge in [-0.05, 0) is 26.0 Å². The summed E-state index contributed by atoms with van der Waals surface area (Å²) in [6.07, 6.45) is 2.60. The molecule has 0 aliphatic carbocycles. The fraction of sp³-hybridized carbons (Fsp3) is 0.643. The summed E-state index contributed by atoms with van der Waals surface area (Å²) < 4.78 is 5.63. The second-order valence-electron chi connectivity index (χ2n) is 5.33. The molecule has 0 aromatic carbocycles. The summed E-state index contributed by atoms with van der Waals surface area (Å²) in [6.45, 7) is 7.54. The lowest BCUT2D eigenvalue weighted by atomic mass is 10.2. The lowest BCUT2D eigenvalue weighted by molar-refractivity contribution is 0.375. The summed E-state index contributed by atoms with van der Waals surface area (Å²) in [4.78, 5) is 6.73. The van der Waals surface area contributed by atoms with E-state index in [1.807, 2.05) is 30.9 Å². The van der Waals surface area contributed by atoms with E-state index in [-0.39, 0.29) is 24.0 Å². The molecule has 0 atom stereocenters. The number of halogens is 1. The van der Waals surface area contributed by atoms with Gasteiger partial charge in [0.25, 0.3) is 0 Å². The molecule has 1 saturated heterocycles. The van der Waals surface area contributed by atoms with E-state index in [2.05, 4.69) is 29.1 Å². The Morgan fingerprint density at radius 2 is 2.35 bits per heavy atom.